The summed E-state index contributed by atoms with van der Waals surface area (Å²) in [6, 6.07) is 5.61. The molecule has 5 heteroatoms. The van der Waals surface area contributed by atoms with Crippen molar-refractivity contribution >= 4 is 33.8 Å². The average molecular weight is 309 g/mol. The van der Waals surface area contributed by atoms with Crippen LogP contribution in [-0.2, 0) is 0 Å². The summed E-state index contributed by atoms with van der Waals surface area (Å²) in [5.74, 6) is 0.665. The van der Waals surface area contributed by atoms with Crippen LogP contribution in [0.25, 0.3) is 0 Å². The van der Waals surface area contributed by atoms with Crippen LogP contribution in [0.2, 0.25) is 5.02 Å². The second-order valence-corrected chi connectivity index (χ2v) is 5.98. The highest BCUT2D eigenvalue weighted by Gasteiger charge is 2.07. The number of ether oxygens (including phenoxy) is 1. The number of rotatable bonds is 5. The van der Waals surface area contributed by atoms with Crippen molar-refractivity contribution in [3.05, 3.63) is 46.4 Å². The summed E-state index contributed by atoms with van der Waals surface area (Å²) in [5, 5.41) is 6.59. The van der Waals surface area contributed by atoms with Gasteiger partial charge in [0, 0.05) is 23.3 Å². The molecule has 20 heavy (non-hydrogen) atoms. The van der Waals surface area contributed by atoms with E-state index < -0.39 is 0 Å². The Morgan fingerprint density at radius 2 is 2.25 bits per heavy atom. The van der Waals surface area contributed by atoms with Crippen molar-refractivity contribution in [2.24, 2.45) is 0 Å². The number of nitrogens with one attached hydrogen (secondary N) is 1. The number of nitrogens with zero attached hydrogens (tertiary/aromatic N) is 1. The molecule has 0 amide bonds. The van der Waals surface area contributed by atoms with Crippen molar-refractivity contribution in [3.8, 4) is 5.75 Å². The van der Waals surface area contributed by atoms with E-state index in [2.05, 4.69) is 16.4 Å². The molecule has 0 aliphatic rings. The lowest BCUT2D eigenvalue weighted by Crippen LogP contribution is -2.09. The second kappa shape index (κ2) is 6.77. The number of aromatic nitrogens is 1. The van der Waals surface area contributed by atoms with Gasteiger partial charge in [-0.2, -0.15) is 0 Å². The molecular formula is C15H17ClN2OS. The third-order valence-electron chi connectivity index (χ3n) is 2.50. The lowest BCUT2D eigenvalue weighted by atomic mass is 10.2. The van der Waals surface area contributed by atoms with E-state index in [1.54, 1.807) is 17.5 Å². The van der Waals surface area contributed by atoms with Crippen LogP contribution in [0.4, 0.5) is 10.8 Å². The molecule has 0 saturated carbocycles. The Labute approximate surface area is 128 Å². The summed E-state index contributed by atoms with van der Waals surface area (Å²) in [6.07, 6.45) is 3.79. The molecule has 106 valence electrons. The first-order valence-electron chi connectivity index (χ1n) is 6.32. The third kappa shape index (κ3) is 4.25. The van der Waals surface area contributed by atoms with E-state index in [0.717, 1.165) is 10.8 Å². The molecular weight excluding hydrogens is 292 g/mol. The van der Waals surface area contributed by atoms with E-state index >= 15 is 0 Å². The van der Waals surface area contributed by atoms with Crippen molar-refractivity contribution < 1.29 is 4.74 Å². The van der Waals surface area contributed by atoms with Crippen LogP contribution in [0.1, 0.15) is 20.8 Å². The molecule has 0 aliphatic heterocycles. The fourth-order valence-electron chi connectivity index (χ4n) is 1.78. The van der Waals surface area contributed by atoms with Crippen LogP contribution in [-0.4, -0.2) is 11.1 Å². The predicted octanol–water partition coefficient (Wildman–Crippen LogP) is 5.27. The fourth-order valence-corrected chi connectivity index (χ4v) is 2.49. The first-order valence-corrected chi connectivity index (χ1v) is 7.58. The van der Waals surface area contributed by atoms with Crippen LogP contribution >= 0.6 is 22.9 Å². The molecule has 2 aromatic rings. The first kappa shape index (κ1) is 14.9. The quantitative estimate of drug-likeness (QED) is 0.764. The highest BCUT2D eigenvalue weighted by Crippen LogP contribution is 2.30. The lowest BCUT2D eigenvalue weighted by molar-refractivity contribution is 0.269. The normalized spacial score (nSPS) is 11.8. The van der Waals surface area contributed by atoms with Crippen LogP contribution in [0, 0.1) is 0 Å². The minimum Gasteiger partial charge on any atom is -0.485 e. The van der Waals surface area contributed by atoms with Gasteiger partial charge in [0.1, 0.15) is 11.9 Å². The third-order valence-corrected chi connectivity index (χ3v) is 3.50. The van der Waals surface area contributed by atoms with E-state index in [4.69, 9.17) is 16.3 Å². The summed E-state index contributed by atoms with van der Waals surface area (Å²) in [4.78, 5) is 4.19. The molecule has 1 N–H and O–H groups in total. The van der Waals surface area contributed by atoms with Gasteiger partial charge < -0.3 is 10.1 Å². The number of hydrogen-bond acceptors (Lipinski definition) is 4. The molecule has 0 aliphatic carbocycles. The minimum absolute atomic E-state index is 0.0207. The Morgan fingerprint density at radius 3 is 2.90 bits per heavy atom. The maximum Gasteiger partial charge on any atom is 0.187 e. The van der Waals surface area contributed by atoms with Crippen LogP contribution in [0.15, 0.2) is 41.4 Å². The molecule has 2 rings (SSSR count). The van der Waals surface area contributed by atoms with Gasteiger partial charge >= 0.3 is 0 Å². The number of anilines is 2. The number of allylic oxidation sites excluding steroid dienone is 1. The Balaban J connectivity index is 2.14. The zero-order chi connectivity index (χ0) is 14.5. The van der Waals surface area contributed by atoms with Gasteiger partial charge in [0.05, 0.1) is 5.02 Å². The Kier molecular flexibility index (Phi) is 5.04. The van der Waals surface area contributed by atoms with Gasteiger partial charge in [-0.05, 0) is 39.0 Å². The van der Waals surface area contributed by atoms with E-state index in [1.165, 1.54) is 5.57 Å². The van der Waals surface area contributed by atoms with E-state index in [0.29, 0.717) is 10.8 Å². The van der Waals surface area contributed by atoms with Gasteiger partial charge in [-0.25, -0.2) is 4.98 Å². The second-order valence-electron chi connectivity index (χ2n) is 4.67. The zero-order valence-corrected chi connectivity index (χ0v) is 13.3. The van der Waals surface area contributed by atoms with Gasteiger partial charge in [-0.15, -0.1) is 11.3 Å². The number of halogens is 1. The highest BCUT2D eigenvalue weighted by molar-refractivity contribution is 7.13. The molecule has 1 aromatic carbocycles. The molecule has 0 spiro atoms. The maximum absolute atomic E-state index is 6.17. The molecule has 0 fully saturated rings. The molecule has 1 heterocycles. The van der Waals surface area contributed by atoms with E-state index in [1.807, 2.05) is 44.4 Å². The molecule has 1 unspecified atom stereocenters. The Morgan fingerprint density at radius 1 is 1.45 bits per heavy atom. The van der Waals surface area contributed by atoms with Crippen molar-refractivity contribution in [2.45, 2.75) is 26.9 Å². The van der Waals surface area contributed by atoms with Crippen molar-refractivity contribution in [2.75, 3.05) is 5.32 Å². The number of thiazole rings is 1. The van der Waals surface area contributed by atoms with Gasteiger partial charge in [-0.3, -0.25) is 0 Å². The fraction of sp³-hybridized carbons (Fsp3) is 0.267. The summed E-state index contributed by atoms with van der Waals surface area (Å²) in [7, 11) is 0. The van der Waals surface area contributed by atoms with Crippen LogP contribution < -0.4 is 10.1 Å². The topological polar surface area (TPSA) is 34.1 Å². The summed E-state index contributed by atoms with van der Waals surface area (Å²) in [6.45, 7) is 6.08. The molecule has 0 bridgehead atoms. The van der Waals surface area contributed by atoms with Crippen molar-refractivity contribution in [1.82, 2.24) is 4.98 Å². The first-order chi connectivity index (χ1) is 9.54. The number of hydrogen-bond donors (Lipinski definition) is 1. The lowest BCUT2D eigenvalue weighted by Gasteiger charge is -2.14. The minimum atomic E-state index is -0.0207. The van der Waals surface area contributed by atoms with Gasteiger partial charge in [0.2, 0.25) is 0 Å². The van der Waals surface area contributed by atoms with Crippen molar-refractivity contribution in [3.63, 3.8) is 0 Å². The van der Waals surface area contributed by atoms with Gasteiger partial charge in [0.25, 0.3) is 0 Å². The van der Waals surface area contributed by atoms with Gasteiger partial charge in [0.15, 0.2) is 5.13 Å². The Hall–Kier alpha value is -1.52. The smallest absolute Gasteiger partial charge is 0.187 e. The zero-order valence-electron chi connectivity index (χ0n) is 11.7. The summed E-state index contributed by atoms with van der Waals surface area (Å²) >= 11 is 7.72. The molecule has 0 saturated heterocycles. The Bertz CT molecular complexity index is 592. The van der Waals surface area contributed by atoms with Crippen LogP contribution in [0.5, 0.6) is 5.75 Å². The molecule has 1 aromatic heterocycles. The van der Waals surface area contributed by atoms with E-state index in [-0.39, 0.29) is 6.10 Å². The number of benzene rings is 1. The maximum atomic E-state index is 6.17. The standard InChI is InChI=1S/C15H17ClN2OS/c1-10(2)8-11(3)19-14-9-12(4-5-13(14)16)18-15-17-6-7-20-15/h4-9,11H,1-3H3,(H,17,18). The largest absolute Gasteiger partial charge is 0.485 e. The molecule has 1 atom stereocenters. The summed E-state index contributed by atoms with van der Waals surface area (Å²) in [5.41, 5.74) is 2.12. The molecule has 3 nitrogen and oxygen atoms in total. The van der Waals surface area contributed by atoms with Crippen LogP contribution in [0.3, 0.4) is 0 Å². The SMILES string of the molecule is CC(C)=CC(C)Oc1cc(Nc2nccs2)ccc1Cl. The van der Waals surface area contributed by atoms with Crippen molar-refractivity contribution in [1.29, 1.82) is 0 Å². The summed E-state index contributed by atoms with van der Waals surface area (Å²) < 4.78 is 5.85. The van der Waals surface area contributed by atoms with E-state index in [9.17, 15) is 0 Å². The molecule has 0 radical (unpaired) electrons. The predicted molar refractivity (Wildman–Crippen MR) is 86.4 cm³/mol. The monoisotopic (exact) mass is 308 g/mol. The highest BCUT2D eigenvalue weighted by atomic mass is 35.5. The average Bonchev–Trinajstić information content (AvgIpc) is 2.85. The van der Waals surface area contributed by atoms with Gasteiger partial charge in [-0.1, -0.05) is 17.2 Å².